The number of hydrogen-bond donors (Lipinski definition) is 2. The lowest BCUT2D eigenvalue weighted by atomic mass is 10.2. The summed E-state index contributed by atoms with van der Waals surface area (Å²) in [6, 6.07) is 9.31. The fourth-order valence-corrected chi connectivity index (χ4v) is 1.51. The largest absolute Gasteiger partial charge is 0.445 e. The van der Waals surface area contributed by atoms with Gasteiger partial charge >= 0.3 is 6.09 Å². The average Bonchev–Trinajstić information content (AvgIpc) is 2.45. The molecule has 0 aliphatic carbocycles. The van der Waals surface area contributed by atoms with Crippen molar-refractivity contribution in [1.29, 1.82) is 0 Å². The van der Waals surface area contributed by atoms with E-state index >= 15 is 0 Å². The minimum atomic E-state index is -1.11. The zero-order valence-electron chi connectivity index (χ0n) is 11.7. The first-order chi connectivity index (χ1) is 9.50. The minimum Gasteiger partial charge on any atom is -0.445 e. The normalized spacial score (nSPS) is 11.6. The van der Waals surface area contributed by atoms with Crippen molar-refractivity contribution in [2.75, 3.05) is 20.6 Å². The number of carbonyl (C=O) groups is 2. The van der Waals surface area contributed by atoms with E-state index in [2.05, 4.69) is 5.32 Å². The molecule has 2 N–H and O–H groups in total. The Morgan fingerprint density at radius 1 is 1.30 bits per heavy atom. The van der Waals surface area contributed by atoms with Crippen molar-refractivity contribution in [3.8, 4) is 0 Å². The van der Waals surface area contributed by atoms with E-state index in [0.717, 1.165) is 5.56 Å². The number of nitrogens with zero attached hydrogens (tertiary/aromatic N) is 1. The Morgan fingerprint density at radius 3 is 2.55 bits per heavy atom. The first kappa shape index (κ1) is 16.0. The molecular weight excluding hydrogens is 260 g/mol. The number of hydrogen-bond acceptors (Lipinski definition) is 4. The van der Waals surface area contributed by atoms with Crippen LogP contribution in [0.25, 0.3) is 0 Å². The number of aliphatic hydroxyl groups is 1. The van der Waals surface area contributed by atoms with Crippen LogP contribution in [0.1, 0.15) is 12.0 Å². The highest BCUT2D eigenvalue weighted by Gasteiger charge is 2.16. The van der Waals surface area contributed by atoms with E-state index in [1.807, 2.05) is 30.3 Å². The molecule has 0 bridgehead atoms. The Morgan fingerprint density at radius 2 is 1.95 bits per heavy atom. The Balaban J connectivity index is 2.19. The van der Waals surface area contributed by atoms with E-state index in [4.69, 9.17) is 4.74 Å². The summed E-state index contributed by atoms with van der Waals surface area (Å²) in [5.41, 5.74) is 0.894. The van der Waals surface area contributed by atoms with E-state index in [1.54, 1.807) is 14.1 Å². The van der Waals surface area contributed by atoms with Crippen LogP contribution < -0.4 is 5.32 Å². The zero-order chi connectivity index (χ0) is 15.0. The van der Waals surface area contributed by atoms with Crippen LogP contribution in [0.4, 0.5) is 4.79 Å². The van der Waals surface area contributed by atoms with Crippen LogP contribution >= 0.6 is 0 Å². The SMILES string of the molecule is CN(C)C(=O)[C@@H](O)CCNC(=O)OCc1ccccc1. The third-order valence-electron chi connectivity index (χ3n) is 2.63. The maximum absolute atomic E-state index is 11.4. The van der Waals surface area contributed by atoms with Crippen molar-refractivity contribution in [1.82, 2.24) is 10.2 Å². The molecule has 1 aromatic carbocycles. The van der Waals surface area contributed by atoms with Crippen molar-refractivity contribution < 1.29 is 19.4 Å². The third kappa shape index (κ3) is 5.71. The monoisotopic (exact) mass is 280 g/mol. The Bertz CT molecular complexity index is 434. The molecule has 0 radical (unpaired) electrons. The molecule has 20 heavy (non-hydrogen) atoms. The van der Waals surface area contributed by atoms with Crippen LogP contribution in [-0.4, -0.2) is 48.8 Å². The molecule has 2 amide bonds. The molecule has 6 heteroatoms. The van der Waals surface area contributed by atoms with Gasteiger partial charge in [-0.3, -0.25) is 4.79 Å². The van der Waals surface area contributed by atoms with Crippen molar-refractivity contribution in [3.63, 3.8) is 0 Å². The highest BCUT2D eigenvalue weighted by molar-refractivity contribution is 5.80. The smallest absolute Gasteiger partial charge is 0.407 e. The lowest BCUT2D eigenvalue weighted by Crippen LogP contribution is -2.36. The van der Waals surface area contributed by atoms with Crippen LogP contribution in [0.3, 0.4) is 0 Å². The fourth-order valence-electron chi connectivity index (χ4n) is 1.51. The van der Waals surface area contributed by atoms with E-state index in [-0.39, 0.29) is 25.5 Å². The Kier molecular flexibility index (Phi) is 6.52. The number of amides is 2. The van der Waals surface area contributed by atoms with Gasteiger partial charge < -0.3 is 20.1 Å². The van der Waals surface area contributed by atoms with Crippen molar-refractivity contribution in [3.05, 3.63) is 35.9 Å². The molecule has 6 nitrogen and oxygen atoms in total. The average molecular weight is 280 g/mol. The number of alkyl carbamates (subject to hydrolysis) is 1. The molecule has 0 saturated heterocycles. The van der Waals surface area contributed by atoms with Gasteiger partial charge in [0.1, 0.15) is 12.7 Å². The topological polar surface area (TPSA) is 78.9 Å². The number of benzene rings is 1. The predicted octanol–water partition coefficient (Wildman–Crippen LogP) is 0.752. The van der Waals surface area contributed by atoms with Crippen molar-refractivity contribution >= 4 is 12.0 Å². The number of likely N-dealkylation sites (N-methyl/N-ethyl adjacent to an activating group) is 1. The number of rotatable bonds is 6. The first-order valence-corrected chi connectivity index (χ1v) is 6.34. The van der Waals surface area contributed by atoms with Gasteiger partial charge in [-0.25, -0.2) is 4.79 Å². The second kappa shape index (κ2) is 8.16. The summed E-state index contributed by atoms with van der Waals surface area (Å²) in [5.74, 6) is -0.385. The molecule has 0 spiro atoms. The van der Waals surface area contributed by atoms with Crippen molar-refractivity contribution in [2.45, 2.75) is 19.1 Å². The molecule has 0 aliphatic heterocycles. The highest BCUT2D eigenvalue weighted by atomic mass is 16.5. The van der Waals surface area contributed by atoms with E-state index in [9.17, 15) is 14.7 Å². The van der Waals surface area contributed by atoms with Gasteiger partial charge in [0.15, 0.2) is 0 Å². The predicted molar refractivity (Wildman–Crippen MR) is 73.9 cm³/mol. The second-order valence-electron chi connectivity index (χ2n) is 4.53. The molecule has 1 rings (SSSR count). The van der Waals surface area contributed by atoms with E-state index in [0.29, 0.717) is 0 Å². The van der Waals surface area contributed by atoms with Crippen molar-refractivity contribution in [2.24, 2.45) is 0 Å². The van der Waals surface area contributed by atoms with Gasteiger partial charge in [-0.15, -0.1) is 0 Å². The fraction of sp³-hybridized carbons (Fsp3) is 0.429. The van der Waals surface area contributed by atoms with Crippen LogP contribution in [0.5, 0.6) is 0 Å². The summed E-state index contributed by atoms with van der Waals surface area (Å²) >= 11 is 0. The summed E-state index contributed by atoms with van der Waals surface area (Å²) in [4.78, 5) is 24.1. The molecular formula is C14H20N2O4. The molecule has 0 saturated carbocycles. The van der Waals surface area contributed by atoms with Gasteiger partial charge in [0.2, 0.25) is 0 Å². The summed E-state index contributed by atoms with van der Waals surface area (Å²) in [7, 11) is 3.13. The Hall–Kier alpha value is -2.08. The number of aliphatic hydroxyl groups excluding tert-OH is 1. The summed E-state index contributed by atoms with van der Waals surface area (Å²) in [6.07, 6.45) is -1.53. The molecule has 1 aromatic rings. The molecule has 110 valence electrons. The van der Waals surface area contributed by atoms with Crippen LogP contribution in [0, 0.1) is 0 Å². The van der Waals surface area contributed by atoms with Crippen LogP contribution in [0.15, 0.2) is 30.3 Å². The van der Waals surface area contributed by atoms with E-state index in [1.165, 1.54) is 4.90 Å². The minimum absolute atomic E-state index is 0.150. The van der Waals surface area contributed by atoms with Gasteiger partial charge in [-0.2, -0.15) is 0 Å². The molecule has 0 fully saturated rings. The molecule has 0 aromatic heterocycles. The standard InChI is InChI=1S/C14H20N2O4/c1-16(2)13(18)12(17)8-9-15-14(19)20-10-11-6-4-3-5-7-11/h3-7,12,17H,8-10H2,1-2H3,(H,15,19)/t12-/m0/s1. The Labute approximate surface area is 118 Å². The number of nitrogens with one attached hydrogen (secondary N) is 1. The second-order valence-corrected chi connectivity index (χ2v) is 4.53. The summed E-state index contributed by atoms with van der Waals surface area (Å²) < 4.78 is 4.99. The summed E-state index contributed by atoms with van der Waals surface area (Å²) in [5, 5.41) is 12.0. The van der Waals surface area contributed by atoms with Gasteiger partial charge in [0, 0.05) is 20.6 Å². The first-order valence-electron chi connectivity index (χ1n) is 6.34. The molecule has 0 unspecified atom stereocenters. The zero-order valence-corrected chi connectivity index (χ0v) is 11.7. The number of ether oxygens (including phenoxy) is 1. The van der Waals surface area contributed by atoms with Gasteiger partial charge in [-0.05, 0) is 12.0 Å². The highest BCUT2D eigenvalue weighted by Crippen LogP contribution is 2.00. The molecule has 0 heterocycles. The van der Waals surface area contributed by atoms with Gasteiger partial charge in [0.25, 0.3) is 5.91 Å². The van der Waals surface area contributed by atoms with Crippen LogP contribution in [-0.2, 0) is 16.1 Å². The van der Waals surface area contributed by atoms with Gasteiger partial charge in [-0.1, -0.05) is 30.3 Å². The number of carbonyl (C=O) groups excluding carboxylic acids is 2. The maximum Gasteiger partial charge on any atom is 0.407 e. The summed E-state index contributed by atoms with van der Waals surface area (Å²) in [6.45, 7) is 0.361. The maximum atomic E-state index is 11.4. The van der Waals surface area contributed by atoms with E-state index < -0.39 is 12.2 Å². The third-order valence-corrected chi connectivity index (χ3v) is 2.63. The molecule has 0 aliphatic rings. The van der Waals surface area contributed by atoms with Crippen LogP contribution in [0.2, 0.25) is 0 Å². The lowest BCUT2D eigenvalue weighted by Gasteiger charge is -2.15. The van der Waals surface area contributed by atoms with Gasteiger partial charge in [0.05, 0.1) is 0 Å². The quantitative estimate of drug-likeness (QED) is 0.806. The molecule has 1 atom stereocenters. The lowest BCUT2D eigenvalue weighted by molar-refractivity contribution is -0.137.